The smallest absolute Gasteiger partial charge is 0.237 e. The van der Waals surface area contributed by atoms with E-state index < -0.39 is 0 Å². The Bertz CT molecular complexity index is 560. The van der Waals surface area contributed by atoms with Crippen LogP contribution in [0.15, 0.2) is 12.4 Å². The van der Waals surface area contributed by atoms with Crippen LogP contribution in [0.2, 0.25) is 0 Å². The van der Waals surface area contributed by atoms with Crippen molar-refractivity contribution in [3.63, 3.8) is 0 Å². The predicted molar refractivity (Wildman–Crippen MR) is 90.4 cm³/mol. The maximum atomic E-state index is 12.8. The molecule has 2 saturated heterocycles. The highest BCUT2D eigenvalue weighted by molar-refractivity contribution is 5.79. The number of amides is 1. The Kier molecular flexibility index (Phi) is 5.76. The third-order valence-electron chi connectivity index (χ3n) is 4.93. The van der Waals surface area contributed by atoms with Crippen LogP contribution in [0.4, 0.5) is 0 Å². The van der Waals surface area contributed by atoms with Crippen molar-refractivity contribution in [1.29, 1.82) is 0 Å². The molecule has 132 valence electrons. The number of likely N-dealkylation sites (tertiary alicyclic amines) is 1. The third kappa shape index (κ3) is 4.09. The minimum atomic E-state index is 0.0700. The average molecular weight is 333 g/mol. The van der Waals surface area contributed by atoms with E-state index in [2.05, 4.69) is 19.8 Å². The van der Waals surface area contributed by atoms with Crippen LogP contribution in [0.25, 0.3) is 0 Å². The van der Waals surface area contributed by atoms with Crippen molar-refractivity contribution in [1.82, 2.24) is 24.7 Å². The molecule has 0 bridgehead atoms. The summed E-state index contributed by atoms with van der Waals surface area (Å²) in [4.78, 5) is 28.0. The largest absolute Gasteiger partial charge is 0.395 e. The van der Waals surface area contributed by atoms with E-state index in [0.29, 0.717) is 6.54 Å². The van der Waals surface area contributed by atoms with Crippen molar-refractivity contribution in [2.45, 2.75) is 25.8 Å². The molecule has 2 aliphatic rings. The normalized spacial score (nSPS) is 22.9. The Morgan fingerprint density at radius 1 is 1.21 bits per heavy atom. The van der Waals surface area contributed by atoms with Crippen LogP contribution in [-0.4, -0.2) is 88.1 Å². The molecule has 1 N–H and O–H groups in total. The van der Waals surface area contributed by atoms with Crippen molar-refractivity contribution in [2.75, 3.05) is 52.4 Å². The summed E-state index contributed by atoms with van der Waals surface area (Å²) in [5.41, 5.74) is 1.81. The minimum absolute atomic E-state index is 0.0700. The number of carbonyl (C=O) groups excluding carboxylic acids is 1. The second kappa shape index (κ2) is 8.00. The summed E-state index contributed by atoms with van der Waals surface area (Å²) in [5, 5.41) is 9.00. The molecule has 1 aromatic rings. The van der Waals surface area contributed by atoms with Crippen molar-refractivity contribution in [2.24, 2.45) is 0 Å². The average Bonchev–Trinajstić information content (AvgIpc) is 3.07. The zero-order valence-electron chi connectivity index (χ0n) is 14.4. The lowest BCUT2D eigenvalue weighted by atomic mass is 10.1. The molecule has 3 rings (SSSR count). The van der Waals surface area contributed by atoms with E-state index in [1.54, 1.807) is 12.4 Å². The number of hydrogen-bond acceptors (Lipinski definition) is 6. The lowest BCUT2D eigenvalue weighted by Gasteiger charge is -2.35. The molecule has 24 heavy (non-hydrogen) atoms. The number of piperazine rings is 1. The number of aliphatic hydroxyl groups excluding tert-OH is 1. The first kappa shape index (κ1) is 17.3. The van der Waals surface area contributed by atoms with E-state index in [1.165, 1.54) is 0 Å². The van der Waals surface area contributed by atoms with Gasteiger partial charge in [-0.05, 0) is 19.8 Å². The molecule has 7 nitrogen and oxygen atoms in total. The lowest BCUT2D eigenvalue weighted by Crippen LogP contribution is -2.50. The highest BCUT2D eigenvalue weighted by Crippen LogP contribution is 2.30. The topological polar surface area (TPSA) is 72.8 Å². The molecule has 0 aliphatic carbocycles. The van der Waals surface area contributed by atoms with Crippen molar-refractivity contribution in [3.8, 4) is 0 Å². The van der Waals surface area contributed by atoms with Crippen LogP contribution < -0.4 is 0 Å². The molecule has 0 saturated carbocycles. The van der Waals surface area contributed by atoms with Gasteiger partial charge in [0, 0.05) is 45.5 Å². The van der Waals surface area contributed by atoms with Gasteiger partial charge in [-0.15, -0.1) is 0 Å². The van der Waals surface area contributed by atoms with Gasteiger partial charge in [-0.25, -0.2) is 0 Å². The number of hydrogen-bond donors (Lipinski definition) is 1. The first-order valence-electron chi connectivity index (χ1n) is 8.81. The lowest BCUT2D eigenvalue weighted by molar-refractivity contribution is -0.133. The molecule has 3 heterocycles. The summed E-state index contributed by atoms with van der Waals surface area (Å²) < 4.78 is 0. The van der Waals surface area contributed by atoms with E-state index in [4.69, 9.17) is 5.11 Å². The summed E-state index contributed by atoms with van der Waals surface area (Å²) in [6.07, 6.45) is 5.53. The molecule has 0 aromatic carbocycles. The van der Waals surface area contributed by atoms with E-state index >= 15 is 0 Å². The van der Waals surface area contributed by atoms with Gasteiger partial charge in [0.2, 0.25) is 5.91 Å². The first-order valence-corrected chi connectivity index (χ1v) is 8.81. The maximum absolute atomic E-state index is 12.8. The predicted octanol–water partition coefficient (Wildman–Crippen LogP) is 0.0584. The number of carbonyl (C=O) groups is 1. The van der Waals surface area contributed by atoms with Crippen LogP contribution >= 0.6 is 0 Å². The molecule has 0 radical (unpaired) electrons. The van der Waals surface area contributed by atoms with Crippen LogP contribution in [0, 0.1) is 6.92 Å². The van der Waals surface area contributed by atoms with Gasteiger partial charge in [-0.2, -0.15) is 0 Å². The van der Waals surface area contributed by atoms with Crippen LogP contribution in [0.3, 0.4) is 0 Å². The van der Waals surface area contributed by atoms with Crippen LogP contribution in [-0.2, 0) is 4.79 Å². The summed E-state index contributed by atoms with van der Waals surface area (Å²) in [5.74, 6) is 0.191. The number of β-amino-alcohol motifs (C(OH)–C–C–N with tert-alkyl or cyclic N) is 1. The number of aromatic nitrogens is 2. The van der Waals surface area contributed by atoms with E-state index in [1.807, 2.05) is 11.8 Å². The van der Waals surface area contributed by atoms with Gasteiger partial charge in [0.05, 0.1) is 36.8 Å². The highest BCUT2D eigenvalue weighted by atomic mass is 16.3. The Hall–Kier alpha value is -1.57. The molecule has 2 fully saturated rings. The fraction of sp³-hybridized carbons (Fsp3) is 0.706. The van der Waals surface area contributed by atoms with E-state index in [0.717, 1.165) is 63.5 Å². The molecule has 7 heteroatoms. The summed E-state index contributed by atoms with van der Waals surface area (Å²) in [7, 11) is 0. The Morgan fingerprint density at radius 2 is 1.96 bits per heavy atom. The van der Waals surface area contributed by atoms with Crippen molar-refractivity contribution >= 4 is 5.91 Å². The molecule has 1 amide bonds. The molecular weight excluding hydrogens is 306 g/mol. The van der Waals surface area contributed by atoms with Gasteiger partial charge >= 0.3 is 0 Å². The fourth-order valence-electron chi connectivity index (χ4n) is 3.61. The Balaban J connectivity index is 1.56. The minimum Gasteiger partial charge on any atom is -0.395 e. The summed E-state index contributed by atoms with van der Waals surface area (Å²) in [6.45, 7) is 7.74. The number of aryl methyl sites for hydroxylation is 1. The van der Waals surface area contributed by atoms with Gasteiger partial charge in [0.25, 0.3) is 0 Å². The number of nitrogens with zero attached hydrogens (tertiary/aromatic N) is 5. The standard InChI is InChI=1S/C17H27N5O2/c1-14-11-18-12-15(19-14)16-3-2-4-22(16)17(24)13-21-7-5-20(6-8-21)9-10-23/h11-12,16,23H,2-10,13H2,1H3/t16-/m0/s1. The van der Waals surface area contributed by atoms with E-state index in [9.17, 15) is 4.79 Å². The molecule has 1 atom stereocenters. The molecule has 0 unspecified atom stereocenters. The van der Waals surface area contributed by atoms with Gasteiger partial charge in [0.15, 0.2) is 0 Å². The highest BCUT2D eigenvalue weighted by Gasteiger charge is 2.32. The van der Waals surface area contributed by atoms with Crippen molar-refractivity contribution < 1.29 is 9.90 Å². The molecule has 1 aromatic heterocycles. The zero-order valence-corrected chi connectivity index (χ0v) is 14.4. The maximum Gasteiger partial charge on any atom is 0.237 e. The first-order chi connectivity index (χ1) is 11.7. The van der Waals surface area contributed by atoms with Crippen LogP contribution in [0.5, 0.6) is 0 Å². The molecular formula is C17H27N5O2. The second-order valence-corrected chi connectivity index (χ2v) is 6.67. The number of aliphatic hydroxyl groups is 1. The fourth-order valence-corrected chi connectivity index (χ4v) is 3.61. The number of rotatable bonds is 5. The van der Waals surface area contributed by atoms with Gasteiger partial charge < -0.3 is 10.0 Å². The molecule has 2 aliphatic heterocycles. The van der Waals surface area contributed by atoms with Crippen molar-refractivity contribution in [3.05, 3.63) is 23.8 Å². The van der Waals surface area contributed by atoms with E-state index in [-0.39, 0.29) is 18.6 Å². The Labute approximate surface area is 143 Å². The Morgan fingerprint density at radius 3 is 2.67 bits per heavy atom. The monoisotopic (exact) mass is 333 g/mol. The second-order valence-electron chi connectivity index (χ2n) is 6.67. The SMILES string of the molecule is Cc1cncc([C@@H]2CCCN2C(=O)CN2CCN(CCO)CC2)n1. The summed E-state index contributed by atoms with van der Waals surface area (Å²) in [6, 6.07) is 0.0700. The van der Waals surface area contributed by atoms with Gasteiger partial charge in [-0.1, -0.05) is 0 Å². The van der Waals surface area contributed by atoms with Gasteiger partial charge in [-0.3, -0.25) is 24.6 Å². The van der Waals surface area contributed by atoms with Gasteiger partial charge in [0.1, 0.15) is 0 Å². The zero-order chi connectivity index (χ0) is 16.9. The third-order valence-corrected chi connectivity index (χ3v) is 4.93. The molecule has 0 spiro atoms. The van der Waals surface area contributed by atoms with Crippen LogP contribution in [0.1, 0.15) is 30.3 Å². The summed E-state index contributed by atoms with van der Waals surface area (Å²) >= 11 is 0. The quantitative estimate of drug-likeness (QED) is 0.821.